The molecule has 0 bridgehead atoms. The zero-order valence-electron chi connectivity index (χ0n) is 19.8. The van der Waals surface area contributed by atoms with Gasteiger partial charge in [-0.25, -0.2) is 14.6 Å². The van der Waals surface area contributed by atoms with Gasteiger partial charge in [-0.3, -0.25) is 9.78 Å². The first-order valence-electron chi connectivity index (χ1n) is 11.7. The molecule has 1 aliphatic rings. The summed E-state index contributed by atoms with van der Waals surface area (Å²) in [4.78, 5) is 28.0. The molecular weight excluding hydrogens is 551 g/mol. The molecule has 0 aliphatic carbocycles. The highest BCUT2D eigenvalue weighted by atomic mass is 79.9. The van der Waals surface area contributed by atoms with Gasteiger partial charge in [-0.2, -0.15) is 13.2 Å². The van der Waals surface area contributed by atoms with Crippen LogP contribution in [0.3, 0.4) is 0 Å². The summed E-state index contributed by atoms with van der Waals surface area (Å²) in [6.45, 7) is 3.52. The highest BCUT2D eigenvalue weighted by molar-refractivity contribution is 9.10. The predicted octanol–water partition coefficient (Wildman–Crippen LogP) is 4.83. The minimum absolute atomic E-state index is 0.0437. The molecule has 1 atom stereocenters. The minimum Gasteiger partial charge on any atom is -0.355 e. The van der Waals surface area contributed by atoms with Crippen molar-refractivity contribution in [2.45, 2.75) is 32.5 Å². The van der Waals surface area contributed by atoms with Gasteiger partial charge in [0.2, 0.25) is 5.91 Å². The Hall–Kier alpha value is -3.54. The second-order valence-electron chi connectivity index (χ2n) is 8.98. The molecule has 3 aromatic heterocycles. The van der Waals surface area contributed by atoms with E-state index in [1.165, 1.54) is 23.1 Å². The average molecular weight is 574 g/mol. The fourth-order valence-corrected chi connectivity index (χ4v) is 4.63. The van der Waals surface area contributed by atoms with Gasteiger partial charge < -0.3 is 10.2 Å². The lowest BCUT2D eigenvalue weighted by Gasteiger charge is -2.33. The number of rotatable bonds is 5. The molecule has 37 heavy (non-hydrogen) atoms. The zero-order chi connectivity index (χ0) is 26.2. The first kappa shape index (κ1) is 25.1. The van der Waals surface area contributed by atoms with Crippen molar-refractivity contribution in [2.75, 3.05) is 18.0 Å². The van der Waals surface area contributed by atoms with Crippen molar-refractivity contribution < 1.29 is 18.0 Å². The van der Waals surface area contributed by atoms with Gasteiger partial charge in [0.1, 0.15) is 12.1 Å². The van der Waals surface area contributed by atoms with E-state index < -0.39 is 11.7 Å². The summed E-state index contributed by atoms with van der Waals surface area (Å²) in [7, 11) is 0. The highest BCUT2D eigenvalue weighted by Gasteiger charge is 2.30. The number of hydrogen-bond acceptors (Lipinski definition) is 6. The van der Waals surface area contributed by atoms with Crippen LogP contribution in [0.25, 0.3) is 16.7 Å². The molecule has 8 nitrogen and oxygen atoms in total. The van der Waals surface area contributed by atoms with E-state index in [2.05, 4.69) is 41.3 Å². The zero-order valence-corrected chi connectivity index (χ0v) is 21.4. The quantitative estimate of drug-likeness (QED) is 0.368. The minimum atomic E-state index is -4.41. The van der Waals surface area contributed by atoms with Gasteiger partial charge in [0, 0.05) is 30.0 Å². The maximum absolute atomic E-state index is 12.9. The Labute approximate surface area is 219 Å². The van der Waals surface area contributed by atoms with Gasteiger partial charge >= 0.3 is 6.18 Å². The smallest absolute Gasteiger partial charge is 0.355 e. The number of carbonyl (C=O) groups excluding carboxylic acids is 1. The van der Waals surface area contributed by atoms with E-state index >= 15 is 0 Å². The topological polar surface area (TPSA) is 88.8 Å². The van der Waals surface area contributed by atoms with Gasteiger partial charge in [0.25, 0.3) is 0 Å². The largest absolute Gasteiger partial charge is 0.416 e. The lowest BCUT2D eigenvalue weighted by molar-refractivity contribution is -0.137. The van der Waals surface area contributed by atoms with Crippen molar-refractivity contribution in [3.63, 3.8) is 0 Å². The summed E-state index contributed by atoms with van der Waals surface area (Å²) in [5.41, 5.74) is 2.01. The van der Waals surface area contributed by atoms with E-state index in [1.54, 1.807) is 12.4 Å². The number of nitrogens with zero attached hydrogens (tertiary/aromatic N) is 6. The molecule has 4 aromatic rings. The maximum atomic E-state index is 12.9. The van der Waals surface area contributed by atoms with E-state index in [-0.39, 0.29) is 11.8 Å². The molecular formula is C25H23BrF3N7O. The van der Waals surface area contributed by atoms with Crippen molar-refractivity contribution in [1.82, 2.24) is 30.0 Å². The van der Waals surface area contributed by atoms with Crippen molar-refractivity contribution in [1.29, 1.82) is 0 Å². The fourth-order valence-electron chi connectivity index (χ4n) is 4.41. The lowest BCUT2D eigenvalue weighted by atomic mass is 9.97. The second-order valence-corrected chi connectivity index (χ2v) is 9.83. The summed E-state index contributed by atoms with van der Waals surface area (Å²) in [6.07, 6.45) is 2.01. The Morgan fingerprint density at radius 3 is 2.70 bits per heavy atom. The molecule has 12 heteroatoms. The first-order chi connectivity index (χ1) is 17.7. The third-order valence-corrected chi connectivity index (χ3v) is 7.22. The van der Waals surface area contributed by atoms with Crippen molar-refractivity contribution in [3.05, 3.63) is 70.3 Å². The molecule has 1 fully saturated rings. The monoisotopic (exact) mass is 573 g/mol. The van der Waals surface area contributed by atoms with Crippen molar-refractivity contribution in [3.8, 4) is 5.69 Å². The van der Waals surface area contributed by atoms with Gasteiger partial charge in [0.15, 0.2) is 5.65 Å². The maximum Gasteiger partial charge on any atom is 0.416 e. The van der Waals surface area contributed by atoms with Crippen LogP contribution in [0.4, 0.5) is 19.0 Å². The van der Waals surface area contributed by atoms with Gasteiger partial charge in [-0.15, -0.1) is 5.10 Å². The number of pyridine rings is 1. The molecule has 192 valence electrons. The number of anilines is 1. The molecule has 1 unspecified atom stereocenters. The van der Waals surface area contributed by atoms with Crippen molar-refractivity contribution >= 4 is 38.7 Å². The van der Waals surface area contributed by atoms with Crippen LogP contribution in [0, 0.1) is 12.8 Å². The van der Waals surface area contributed by atoms with Gasteiger partial charge in [0.05, 0.1) is 34.8 Å². The Kier molecular flexibility index (Phi) is 6.84. The molecule has 0 spiro atoms. The normalized spacial score (nSPS) is 16.2. The third kappa shape index (κ3) is 5.43. The van der Waals surface area contributed by atoms with E-state index in [0.29, 0.717) is 35.6 Å². The van der Waals surface area contributed by atoms with Crippen LogP contribution in [0.15, 0.2) is 53.5 Å². The molecule has 1 saturated heterocycles. The number of aromatic nitrogens is 5. The Balaban J connectivity index is 1.32. The first-order valence-corrected chi connectivity index (χ1v) is 12.5. The van der Waals surface area contributed by atoms with Gasteiger partial charge in [-0.1, -0.05) is 0 Å². The Morgan fingerprint density at radius 2 is 1.97 bits per heavy atom. The molecule has 1 N–H and O–H groups in total. The number of benzene rings is 1. The van der Waals surface area contributed by atoms with Crippen molar-refractivity contribution in [2.24, 2.45) is 5.92 Å². The van der Waals surface area contributed by atoms with E-state index in [1.807, 2.05) is 17.9 Å². The van der Waals surface area contributed by atoms with Crippen LogP contribution < -0.4 is 10.2 Å². The Morgan fingerprint density at radius 1 is 1.19 bits per heavy atom. The Bertz CT molecular complexity index is 1440. The fraction of sp³-hybridized carbons (Fsp3) is 0.320. The van der Waals surface area contributed by atoms with Crippen LogP contribution >= 0.6 is 15.9 Å². The standard InChI is InChI=1S/C25H23BrF3N7O/c1-15-9-18(30-11-21(15)26)10-31-24(37)16-3-2-8-35(12-16)23-20-13-36(34-22(20)32-14-33-23)19-6-4-17(5-7-19)25(27,28)29/h4-7,9,11,13-14,16H,2-3,8,10,12H2,1H3,(H,31,37). The summed E-state index contributed by atoms with van der Waals surface area (Å²) in [6, 6.07) is 6.71. The molecule has 1 aliphatic heterocycles. The van der Waals surface area contributed by atoms with Crippen LogP contribution in [-0.2, 0) is 17.5 Å². The SMILES string of the molecule is Cc1cc(CNC(=O)C2CCCN(c3ncnc4nn(-c5ccc(C(F)(F)F)cc5)cc34)C2)ncc1Br. The number of nitrogens with one attached hydrogen (secondary N) is 1. The predicted molar refractivity (Wildman–Crippen MR) is 135 cm³/mol. The highest BCUT2D eigenvalue weighted by Crippen LogP contribution is 2.31. The number of carbonyl (C=O) groups is 1. The second kappa shape index (κ2) is 10.1. The van der Waals surface area contributed by atoms with E-state index in [0.717, 1.165) is 47.2 Å². The molecule has 5 rings (SSSR count). The number of aryl methyl sites for hydroxylation is 1. The summed E-state index contributed by atoms with van der Waals surface area (Å²) in [5, 5.41) is 8.09. The average Bonchev–Trinajstić information content (AvgIpc) is 3.33. The van der Waals surface area contributed by atoms with E-state index in [9.17, 15) is 18.0 Å². The summed E-state index contributed by atoms with van der Waals surface area (Å²) in [5.74, 6) is 0.379. The van der Waals surface area contributed by atoms with Crippen LogP contribution in [0.5, 0.6) is 0 Å². The third-order valence-electron chi connectivity index (χ3n) is 6.39. The number of hydrogen-bond donors (Lipinski definition) is 1. The molecule has 0 radical (unpaired) electrons. The van der Waals surface area contributed by atoms with Crippen LogP contribution in [-0.4, -0.2) is 43.7 Å². The molecule has 4 heterocycles. The van der Waals surface area contributed by atoms with Crippen LogP contribution in [0.2, 0.25) is 0 Å². The number of halogens is 4. The van der Waals surface area contributed by atoms with Gasteiger partial charge in [-0.05, 0) is 71.6 Å². The number of piperidine rings is 1. The van der Waals surface area contributed by atoms with Crippen LogP contribution in [0.1, 0.15) is 29.7 Å². The molecule has 1 aromatic carbocycles. The lowest BCUT2D eigenvalue weighted by Crippen LogP contribution is -2.43. The number of amides is 1. The summed E-state index contributed by atoms with van der Waals surface area (Å²) < 4.78 is 41.2. The summed E-state index contributed by atoms with van der Waals surface area (Å²) >= 11 is 3.43. The van der Waals surface area contributed by atoms with E-state index in [4.69, 9.17) is 0 Å². The molecule has 1 amide bonds. The number of fused-ring (bicyclic) bond motifs is 1. The number of alkyl halides is 3. The molecule has 0 saturated carbocycles.